The van der Waals surface area contributed by atoms with Crippen molar-refractivity contribution in [3.05, 3.63) is 11.6 Å². The fourth-order valence-corrected chi connectivity index (χ4v) is 0.390. The van der Waals surface area contributed by atoms with E-state index in [1.807, 2.05) is 6.92 Å². The molecule has 0 aromatic carbocycles. The van der Waals surface area contributed by atoms with Crippen LogP contribution >= 0.6 is 0 Å². The molecule has 0 heterocycles. The van der Waals surface area contributed by atoms with E-state index in [0.29, 0.717) is 5.57 Å². The van der Waals surface area contributed by atoms with E-state index in [-0.39, 0.29) is 29.3 Å². The fourth-order valence-electron chi connectivity index (χ4n) is 0.390. The molecule has 70 valence electrons. The minimum absolute atomic E-state index is 0. The van der Waals surface area contributed by atoms with Crippen molar-refractivity contribution in [2.24, 2.45) is 0 Å². The van der Waals surface area contributed by atoms with Crippen molar-refractivity contribution >= 4 is 5.97 Å². The predicted molar refractivity (Wildman–Crippen MR) is 41.0 cm³/mol. The number of carboxylic acid groups (broad SMARTS) is 1. The lowest BCUT2D eigenvalue weighted by molar-refractivity contribution is -0.299. The first-order valence-corrected chi connectivity index (χ1v) is 2.56. The topological polar surface area (TPSA) is 113 Å². The van der Waals surface area contributed by atoms with Crippen LogP contribution in [0.25, 0.3) is 0 Å². The molecule has 0 saturated heterocycles. The maximum absolute atomic E-state index is 9.91. The Balaban J connectivity index is -0.0000000817. The number of hydrogen-bond acceptors (Lipinski definition) is 2. The van der Waals surface area contributed by atoms with Crippen LogP contribution in [0.4, 0.5) is 0 Å². The summed E-state index contributed by atoms with van der Waals surface area (Å²) < 4.78 is 0. The second-order valence-corrected chi connectivity index (χ2v) is 1.58. The molecule has 0 rings (SSSR count). The molecule has 0 saturated carbocycles. The molecule has 8 N–H and O–H groups in total. The Hall–Kier alpha value is -0.390. The summed E-state index contributed by atoms with van der Waals surface area (Å²) in [4.78, 5) is 9.91. The van der Waals surface area contributed by atoms with Gasteiger partial charge < -0.3 is 39.2 Å². The maximum Gasteiger partial charge on any atom is 0.0668 e. The lowest BCUT2D eigenvalue weighted by Gasteiger charge is -1.97. The number of rotatable bonds is 2. The summed E-state index contributed by atoms with van der Waals surface area (Å²) in [5.41, 5.74) is 0.313. The molecular weight excluding hydrogens is 212 g/mol. The lowest BCUT2D eigenvalue weighted by atomic mass is 10.2. The summed E-state index contributed by atoms with van der Waals surface area (Å²) in [6.45, 7) is 3.41. The van der Waals surface area contributed by atoms with Crippen molar-refractivity contribution in [2.75, 3.05) is 0 Å². The van der Waals surface area contributed by atoms with Gasteiger partial charge in [0.1, 0.15) is 0 Å². The minimum Gasteiger partial charge on any atom is -1.00 e. The van der Waals surface area contributed by atoms with Gasteiger partial charge in [-0.15, -0.1) is 0 Å². The minimum atomic E-state index is -1.08. The Labute approximate surface area is 77.6 Å². The average molecular weight is 229 g/mol. The summed E-state index contributed by atoms with van der Waals surface area (Å²) in [7, 11) is 0. The Morgan fingerprint density at radius 2 is 1.82 bits per heavy atom. The monoisotopic (exact) mass is 228 g/mol. The highest BCUT2D eigenvalue weighted by atomic mass is 79.9. The smallest absolute Gasteiger partial charge is 0.0668 e. The molecule has 0 radical (unpaired) electrons. The van der Waals surface area contributed by atoms with Gasteiger partial charge >= 0.3 is 0 Å². The van der Waals surface area contributed by atoms with Crippen molar-refractivity contribution in [1.29, 1.82) is 0 Å². The van der Waals surface area contributed by atoms with E-state index in [1.54, 1.807) is 6.08 Å². The number of aliphatic carboxylic acids is 1. The highest BCUT2D eigenvalue weighted by molar-refractivity contribution is 5.83. The van der Waals surface area contributed by atoms with Crippen molar-refractivity contribution in [3.8, 4) is 0 Å². The summed E-state index contributed by atoms with van der Waals surface area (Å²) in [6, 6.07) is 0. The highest BCUT2D eigenvalue weighted by Crippen LogP contribution is 1.90. The fraction of sp³-hybridized carbons (Fsp3) is 0.500. The van der Waals surface area contributed by atoms with E-state index in [9.17, 15) is 9.90 Å². The number of carbonyl (C=O) groups is 1. The van der Waals surface area contributed by atoms with Gasteiger partial charge in [0.15, 0.2) is 0 Å². The normalized spacial score (nSPS) is 8.36. The molecule has 0 aliphatic heterocycles. The number of hydrogen-bond donors (Lipinski definition) is 2. The molecule has 0 bridgehead atoms. The molecule has 0 aliphatic carbocycles. The van der Waals surface area contributed by atoms with E-state index in [2.05, 4.69) is 0 Å². The summed E-state index contributed by atoms with van der Waals surface area (Å²) in [5.74, 6) is -1.08. The molecule has 0 fully saturated rings. The van der Waals surface area contributed by atoms with Crippen LogP contribution in [0.5, 0.6) is 0 Å². The van der Waals surface area contributed by atoms with Gasteiger partial charge in [-0.3, -0.25) is 0 Å². The Morgan fingerprint density at radius 3 is 1.91 bits per heavy atom. The number of carboxylic acids is 1. The third-order valence-electron chi connectivity index (χ3n) is 0.832. The van der Waals surface area contributed by atoms with Crippen molar-refractivity contribution < 1.29 is 26.9 Å². The van der Waals surface area contributed by atoms with Gasteiger partial charge in [-0.2, -0.15) is 0 Å². The predicted octanol–water partition coefficient (Wildman–Crippen LogP) is -2.15. The third kappa shape index (κ3) is 12.7. The highest BCUT2D eigenvalue weighted by Gasteiger charge is 1.83. The van der Waals surface area contributed by atoms with Crippen LogP contribution < -0.4 is 34.4 Å². The van der Waals surface area contributed by atoms with E-state index < -0.39 is 5.97 Å². The lowest BCUT2D eigenvalue weighted by Crippen LogP contribution is -3.00. The Bertz CT molecular complexity index is 126. The quantitative estimate of drug-likeness (QED) is 0.525. The summed E-state index contributed by atoms with van der Waals surface area (Å²) in [5, 5.41) is 9.91. The van der Waals surface area contributed by atoms with Gasteiger partial charge in [-0.05, 0) is 18.9 Å². The number of carbonyl (C=O) groups excluding carboxylic acids is 1. The molecule has 11 heavy (non-hydrogen) atoms. The van der Waals surface area contributed by atoms with Crippen LogP contribution in [0.2, 0.25) is 0 Å². The summed E-state index contributed by atoms with van der Waals surface area (Å²) >= 11 is 0. The van der Waals surface area contributed by atoms with Gasteiger partial charge in [0.05, 0.1) is 5.97 Å². The Kier molecular flexibility index (Phi) is 25.1. The molecule has 0 aromatic heterocycles. The molecule has 0 aliphatic rings. The second kappa shape index (κ2) is 12.3. The zero-order valence-corrected chi connectivity index (χ0v) is 9.06. The van der Waals surface area contributed by atoms with Crippen LogP contribution in [0.15, 0.2) is 11.6 Å². The first kappa shape index (κ1) is 22.4. The molecule has 0 amide bonds. The molecule has 5 heteroatoms. The number of halogens is 1. The van der Waals surface area contributed by atoms with Crippen LogP contribution in [0.1, 0.15) is 20.3 Å². The molecule has 0 atom stereocenters. The zero-order valence-electron chi connectivity index (χ0n) is 7.48. The van der Waals surface area contributed by atoms with Gasteiger partial charge in [0.2, 0.25) is 0 Å². The Morgan fingerprint density at radius 1 is 1.45 bits per heavy atom. The summed E-state index contributed by atoms with van der Waals surface area (Å²) in [6.07, 6.45) is 2.37. The second-order valence-electron chi connectivity index (χ2n) is 1.58. The molecular formula is C6H17BrN2O2. The molecule has 4 nitrogen and oxygen atoms in total. The van der Waals surface area contributed by atoms with Gasteiger partial charge in [-0.25, -0.2) is 0 Å². The number of allylic oxidation sites excluding steroid dienone is 1. The first-order chi connectivity index (χ1) is 3.68. The van der Waals surface area contributed by atoms with Gasteiger partial charge in [0.25, 0.3) is 0 Å². The van der Waals surface area contributed by atoms with Crippen LogP contribution in [-0.4, -0.2) is 5.97 Å². The van der Waals surface area contributed by atoms with Crippen molar-refractivity contribution in [1.82, 2.24) is 12.3 Å². The molecule has 0 aromatic rings. The van der Waals surface area contributed by atoms with Crippen LogP contribution in [0, 0.1) is 0 Å². The van der Waals surface area contributed by atoms with E-state index in [4.69, 9.17) is 0 Å². The van der Waals surface area contributed by atoms with Gasteiger partial charge in [0, 0.05) is 0 Å². The third-order valence-corrected chi connectivity index (χ3v) is 0.832. The number of quaternary nitrogens is 2. The zero-order chi connectivity index (χ0) is 6.57. The van der Waals surface area contributed by atoms with Crippen molar-refractivity contribution in [3.63, 3.8) is 0 Å². The van der Waals surface area contributed by atoms with Crippen LogP contribution in [0.3, 0.4) is 0 Å². The van der Waals surface area contributed by atoms with E-state index in [0.717, 1.165) is 6.42 Å². The van der Waals surface area contributed by atoms with Crippen molar-refractivity contribution in [2.45, 2.75) is 20.3 Å². The maximum atomic E-state index is 9.91. The largest absolute Gasteiger partial charge is 1.00 e. The van der Waals surface area contributed by atoms with E-state index in [1.165, 1.54) is 6.92 Å². The average Bonchev–Trinajstić information content (AvgIpc) is 1.67. The first-order valence-electron chi connectivity index (χ1n) is 2.56. The van der Waals surface area contributed by atoms with Crippen LogP contribution in [-0.2, 0) is 4.79 Å². The van der Waals surface area contributed by atoms with Gasteiger partial charge in [-0.1, -0.05) is 13.0 Å². The SMILES string of the molecule is CCC=C(C)C(=O)[O-].[Br-].[NH4+].[NH4+]. The molecule has 0 spiro atoms. The standard InChI is InChI=1S/C6H10O2.BrH.2H3N/c1-3-4-5(2)6(7)8;;;/h4H,3H2,1-2H3,(H,7,8);1H;2*1H3. The van der Waals surface area contributed by atoms with E-state index >= 15 is 0 Å². The molecule has 0 unspecified atom stereocenters.